The standard InChI is InChI=1S/C18H23N3O7/c1-11-8-13(5-6-15(11)21(26)27)18(25)20-7-3-4-16(20)17(24)19-14(9-22)10-28-12(2)23/h5-6,8,14,16,22H,3-4,7,9-10H2,1-2H3,(H,19,24)/t14-,16+/m0/s1. The number of carbonyl (C=O) groups is 3. The molecular weight excluding hydrogens is 370 g/mol. The molecule has 2 amide bonds. The van der Waals surface area contributed by atoms with E-state index in [0.717, 1.165) is 0 Å². The number of aryl methyl sites for hydroxylation is 1. The molecule has 0 saturated carbocycles. The van der Waals surface area contributed by atoms with Crippen molar-refractivity contribution in [2.75, 3.05) is 19.8 Å². The lowest BCUT2D eigenvalue weighted by Gasteiger charge is -2.26. The van der Waals surface area contributed by atoms with Crippen LogP contribution in [0.5, 0.6) is 0 Å². The maximum absolute atomic E-state index is 12.8. The minimum absolute atomic E-state index is 0.0801. The molecule has 1 aromatic rings. The van der Waals surface area contributed by atoms with Crippen molar-refractivity contribution in [3.05, 3.63) is 39.4 Å². The number of nitrogens with one attached hydrogen (secondary N) is 1. The first kappa shape index (κ1) is 21.3. The fourth-order valence-corrected chi connectivity index (χ4v) is 3.10. The van der Waals surface area contributed by atoms with Crippen LogP contribution in [0.25, 0.3) is 0 Å². The summed E-state index contributed by atoms with van der Waals surface area (Å²) in [6.45, 7) is 2.56. The second-order valence-electron chi connectivity index (χ2n) is 6.61. The highest BCUT2D eigenvalue weighted by Gasteiger charge is 2.35. The number of ether oxygens (including phenoxy) is 1. The Balaban J connectivity index is 2.09. The molecule has 0 aliphatic carbocycles. The molecule has 1 aromatic carbocycles. The third kappa shape index (κ3) is 5.03. The number of aliphatic hydroxyl groups is 1. The fourth-order valence-electron chi connectivity index (χ4n) is 3.10. The number of nitro benzene ring substituents is 1. The molecule has 2 atom stereocenters. The van der Waals surface area contributed by atoms with Crippen molar-refractivity contribution in [3.8, 4) is 0 Å². The average molecular weight is 393 g/mol. The predicted molar refractivity (Wildman–Crippen MR) is 97.5 cm³/mol. The van der Waals surface area contributed by atoms with Crippen LogP contribution >= 0.6 is 0 Å². The molecule has 1 aliphatic heterocycles. The van der Waals surface area contributed by atoms with Gasteiger partial charge in [-0.05, 0) is 31.9 Å². The van der Waals surface area contributed by atoms with Crippen molar-refractivity contribution in [3.63, 3.8) is 0 Å². The number of likely N-dealkylation sites (tertiary alicyclic amines) is 1. The molecule has 10 heteroatoms. The van der Waals surface area contributed by atoms with Crippen LogP contribution in [0.4, 0.5) is 5.69 Å². The first-order valence-electron chi connectivity index (χ1n) is 8.85. The molecule has 2 rings (SSSR count). The molecule has 0 unspecified atom stereocenters. The van der Waals surface area contributed by atoms with Crippen LogP contribution < -0.4 is 5.32 Å². The number of amides is 2. The van der Waals surface area contributed by atoms with E-state index in [1.165, 1.54) is 30.0 Å². The summed E-state index contributed by atoms with van der Waals surface area (Å²) in [7, 11) is 0. The van der Waals surface area contributed by atoms with Crippen LogP contribution in [-0.2, 0) is 14.3 Å². The van der Waals surface area contributed by atoms with Crippen molar-refractivity contribution in [2.24, 2.45) is 0 Å². The minimum Gasteiger partial charge on any atom is -0.464 e. The van der Waals surface area contributed by atoms with Crippen LogP contribution in [0.2, 0.25) is 0 Å². The number of nitrogens with zero attached hydrogens (tertiary/aromatic N) is 2. The molecule has 0 radical (unpaired) electrons. The lowest BCUT2D eigenvalue weighted by Crippen LogP contribution is -2.51. The Morgan fingerprint density at radius 2 is 2.14 bits per heavy atom. The summed E-state index contributed by atoms with van der Waals surface area (Å²) in [5.41, 5.74) is 0.544. The molecular formula is C18H23N3O7. The Morgan fingerprint density at radius 3 is 2.71 bits per heavy atom. The Hall–Kier alpha value is -3.01. The lowest BCUT2D eigenvalue weighted by molar-refractivity contribution is -0.385. The van der Waals surface area contributed by atoms with Crippen molar-refractivity contribution < 1.29 is 29.2 Å². The Labute approximate surface area is 161 Å². The number of aliphatic hydroxyl groups excluding tert-OH is 1. The second kappa shape index (κ2) is 9.27. The molecule has 152 valence electrons. The number of esters is 1. The SMILES string of the molecule is CC(=O)OC[C@H](CO)NC(=O)[C@H]1CCCN1C(=O)c1ccc([N+](=O)[O-])c(C)c1. The van der Waals surface area contributed by atoms with E-state index in [2.05, 4.69) is 5.32 Å². The molecule has 1 fully saturated rings. The van der Waals surface area contributed by atoms with Gasteiger partial charge in [-0.25, -0.2) is 0 Å². The molecule has 1 heterocycles. The van der Waals surface area contributed by atoms with Crippen molar-refractivity contribution in [2.45, 2.75) is 38.8 Å². The van der Waals surface area contributed by atoms with E-state index in [1.807, 2.05) is 0 Å². The lowest BCUT2D eigenvalue weighted by atomic mass is 10.1. The van der Waals surface area contributed by atoms with Gasteiger partial charge in [-0.15, -0.1) is 0 Å². The van der Waals surface area contributed by atoms with E-state index in [9.17, 15) is 29.6 Å². The van der Waals surface area contributed by atoms with Gasteiger partial charge in [0.05, 0.1) is 17.6 Å². The Kier molecular flexibility index (Phi) is 7.05. The van der Waals surface area contributed by atoms with Crippen LogP contribution in [0, 0.1) is 17.0 Å². The third-order valence-corrected chi connectivity index (χ3v) is 4.51. The normalized spacial score (nSPS) is 17.1. The number of hydrogen-bond acceptors (Lipinski definition) is 7. The topological polar surface area (TPSA) is 139 Å². The summed E-state index contributed by atoms with van der Waals surface area (Å²) in [5, 5.41) is 22.9. The number of benzene rings is 1. The first-order chi connectivity index (χ1) is 13.2. The monoisotopic (exact) mass is 393 g/mol. The van der Waals surface area contributed by atoms with Crippen molar-refractivity contribution in [1.82, 2.24) is 10.2 Å². The summed E-state index contributed by atoms with van der Waals surface area (Å²) < 4.78 is 4.80. The van der Waals surface area contributed by atoms with Gasteiger partial charge >= 0.3 is 5.97 Å². The third-order valence-electron chi connectivity index (χ3n) is 4.51. The van der Waals surface area contributed by atoms with Gasteiger partial charge in [0.1, 0.15) is 12.6 Å². The second-order valence-corrected chi connectivity index (χ2v) is 6.61. The summed E-state index contributed by atoms with van der Waals surface area (Å²) >= 11 is 0. The number of carbonyl (C=O) groups excluding carboxylic acids is 3. The first-order valence-corrected chi connectivity index (χ1v) is 8.85. The molecule has 0 bridgehead atoms. The molecule has 10 nitrogen and oxygen atoms in total. The van der Waals surface area contributed by atoms with E-state index in [0.29, 0.717) is 24.9 Å². The fraction of sp³-hybridized carbons (Fsp3) is 0.500. The zero-order valence-electron chi connectivity index (χ0n) is 15.7. The highest BCUT2D eigenvalue weighted by molar-refractivity contribution is 5.98. The summed E-state index contributed by atoms with van der Waals surface area (Å²) in [6, 6.07) is 2.59. The van der Waals surface area contributed by atoms with E-state index in [1.54, 1.807) is 6.92 Å². The molecule has 1 saturated heterocycles. The smallest absolute Gasteiger partial charge is 0.302 e. The van der Waals surface area contributed by atoms with Gasteiger partial charge in [-0.3, -0.25) is 24.5 Å². The van der Waals surface area contributed by atoms with Crippen LogP contribution in [0.15, 0.2) is 18.2 Å². The number of nitro groups is 1. The van der Waals surface area contributed by atoms with Crippen LogP contribution in [0.1, 0.15) is 35.7 Å². The van der Waals surface area contributed by atoms with E-state index >= 15 is 0 Å². The van der Waals surface area contributed by atoms with E-state index in [4.69, 9.17) is 4.74 Å². The quantitative estimate of drug-likeness (QED) is 0.392. The van der Waals surface area contributed by atoms with E-state index < -0.39 is 41.4 Å². The van der Waals surface area contributed by atoms with Crippen molar-refractivity contribution >= 4 is 23.5 Å². The van der Waals surface area contributed by atoms with Gasteiger partial charge in [-0.2, -0.15) is 0 Å². The molecule has 28 heavy (non-hydrogen) atoms. The largest absolute Gasteiger partial charge is 0.464 e. The number of hydrogen-bond donors (Lipinski definition) is 2. The van der Waals surface area contributed by atoms with Gasteiger partial charge in [0.15, 0.2) is 0 Å². The number of rotatable bonds is 7. The van der Waals surface area contributed by atoms with Crippen LogP contribution in [-0.4, -0.2) is 64.6 Å². The van der Waals surface area contributed by atoms with Gasteiger partial charge < -0.3 is 20.1 Å². The highest BCUT2D eigenvalue weighted by Crippen LogP contribution is 2.24. The van der Waals surface area contributed by atoms with Gasteiger partial charge in [0.2, 0.25) is 5.91 Å². The summed E-state index contributed by atoms with van der Waals surface area (Å²) in [5.74, 6) is -1.37. The molecule has 2 N–H and O–H groups in total. The molecule has 0 spiro atoms. The minimum atomic E-state index is -0.768. The van der Waals surface area contributed by atoms with Gasteiger partial charge in [-0.1, -0.05) is 0 Å². The zero-order valence-corrected chi connectivity index (χ0v) is 15.7. The predicted octanol–water partition coefficient (Wildman–Crippen LogP) is 0.548. The van der Waals surface area contributed by atoms with Crippen LogP contribution in [0.3, 0.4) is 0 Å². The maximum Gasteiger partial charge on any atom is 0.302 e. The van der Waals surface area contributed by atoms with Gasteiger partial charge in [0, 0.05) is 30.7 Å². The molecule has 1 aliphatic rings. The average Bonchev–Trinajstić information content (AvgIpc) is 3.13. The van der Waals surface area contributed by atoms with Crippen molar-refractivity contribution in [1.29, 1.82) is 0 Å². The Bertz CT molecular complexity index is 780. The molecule has 0 aromatic heterocycles. The zero-order chi connectivity index (χ0) is 20.8. The van der Waals surface area contributed by atoms with E-state index in [-0.39, 0.29) is 17.9 Å². The van der Waals surface area contributed by atoms with Gasteiger partial charge in [0.25, 0.3) is 11.6 Å². The summed E-state index contributed by atoms with van der Waals surface area (Å²) in [4.78, 5) is 48.1. The Morgan fingerprint density at radius 1 is 1.43 bits per heavy atom. The summed E-state index contributed by atoms with van der Waals surface area (Å²) in [6.07, 6.45) is 1.08. The highest BCUT2D eigenvalue weighted by atomic mass is 16.6. The maximum atomic E-state index is 12.8.